The largest absolute Gasteiger partial charge is 0.456 e. The number of thiophene rings is 1. The Labute approximate surface area is 133 Å². The lowest BCUT2D eigenvalue weighted by Gasteiger charge is -2.15. The van der Waals surface area contributed by atoms with Gasteiger partial charge in [0.05, 0.1) is 5.02 Å². The zero-order valence-corrected chi connectivity index (χ0v) is 13.8. The Balaban J connectivity index is 1.98. The van der Waals surface area contributed by atoms with Crippen LogP contribution in [-0.4, -0.2) is 5.11 Å². The molecule has 0 radical (unpaired) electrons. The highest BCUT2D eigenvalue weighted by Gasteiger charge is 2.22. The average molecular weight is 321 g/mol. The summed E-state index contributed by atoms with van der Waals surface area (Å²) in [4.78, 5) is 2.13. The number of aliphatic hydroxyl groups is 1. The smallest absolute Gasteiger partial charge is 0.153 e. The van der Waals surface area contributed by atoms with Crippen LogP contribution in [0.2, 0.25) is 5.02 Å². The highest BCUT2D eigenvalue weighted by Crippen LogP contribution is 2.37. The summed E-state index contributed by atoms with van der Waals surface area (Å²) in [5, 5.41) is 12.0. The molecule has 2 heterocycles. The first kappa shape index (κ1) is 14.6. The van der Waals surface area contributed by atoms with Crippen molar-refractivity contribution < 1.29 is 9.52 Å². The van der Waals surface area contributed by atoms with E-state index in [0.29, 0.717) is 16.4 Å². The summed E-state index contributed by atoms with van der Waals surface area (Å²) in [5.41, 5.74) is 0.709. The van der Waals surface area contributed by atoms with Gasteiger partial charge in [-0.1, -0.05) is 44.5 Å². The molecule has 110 valence electrons. The van der Waals surface area contributed by atoms with Crippen LogP contribution in [0.1, 0.15) is 42.4 Å². The zero-order chi connectivity index (χ0) is 15.2. The van der Waals surface area contributed by atoms with E-state index in [1.165, 1.54) is 4.88 Å². The number of benzene rings is 1. The minimum absolute atomic E-state index is 0.0832. The topological polar surface area (TPSA) is 33.4 Å². The van der Waals surface area contributed by atoms with Gasteiger partial charge in [0.1, 0.15) is 11.9 Å². The van der Waals surface area contributed by atoms with Crippen molar-refractivity contribution in [3.05, 3.63) is 56.9 Å². The van der Waals surface area contributed by atoms with Crippen LogP contribution >= 0.6 is 22.9 Å². The fourth-order valence-electron chi connectivity index (χ4n) is 2.23. The predicted molar refractivity (Wildman–Crippen MR) is 88.3 cm³/mol. The fourth-order valence-corrected chi connectivity index (χ4v) is 3.51. The molecule has 0 spiro atoms. The molecule has 1 aromatic carbocycles. The van der Waals surface area contributed by atoms with Crippen LogP contribution in [0.15, 0.2) is 40.8 Å². The van der Waals surface area contributed by atoms with Gasteiger partial charge >= 0.3 is 0 Å². The summed E-state index contributed by atoms with van der Waals surface area (Å²) in [7, 11) is 0. The minimum atomic E-state index is -0.755. The van der Waals surface area contributed by atoms with E-state index in [4.69, 9.17) is 16.0 Å². The molecule has 2 nitrogen and oxygen atoms in total. The highest BCUT2D eigenvalue weighted by atomic mass is 35.5. The van der Waals surface area contributed by atoms with Gasteiger partial charge in [0.2, 0.25) is 0 Å². The van der Waals surface area contributed by atoms with Gasteiger partial charge in [0.25, 0.3) is 0 Å². The SMILES string of the molecule is CC(C)(C)c1ccc(C(O)c2cc3cccc(Cl)c3o2)s1. The van der Waals surface area contributed by atoms with Crippen LogP contribution in [0, 0.1) is 0 Å². The van der Waals surface area contributed by atoms with E-state index in [1.807, 2.05) is 24.3 Å². The van der Waals surface area contributed by atoms with Crippen molar-refractivity contribution in [3.63, 3.8) is 0 Å². The number of hydrogen-bond donors (Lipinski definition) is 1. The Kier molecular flexibility index (Phi) is 3.60. The maximum Gasteiger partial charge on any atom is 0.153 e. The van der Waals surface area contributed by atoms with Crippen molar-refractivity contribution in [3.8, 4) is 0 Å². The van der Waals surface area contributed by atoms with Crippen molar-refractivity contribution in [2.24, 2.45) is 0 Å². The van der Waals surface area contributed by atoms with Gasteiger partial charge in [0.15, 0.2) is 5.58 Å². The molecule has 1 atom stereocenters. The van der Waals surface area contributed by atoms with E-state index >= 15 is 0 Å². The zero-order valence-electron chi connectivity index (χ0n) is 12.2. The number of aliphatic hydroxyl groups excluding tert-OH is 1. The second-order valence-corrected chi connectivity index (χ2v) is 7.68. The first-order chi connectivity index (χ1) is 9.86. The standard InChI is InChI=1S/C17H17ClO2S/c1-17(2,3)14-8-7-13(21-14)15(19)12-9-10-5-4-6-11(18)16(10)20-12/h4-9,15,19H,1-3H3. The van der Waals surface area contributed by atoms with Gasteiger partial charge in [-0.3, -0.25) is 0 Å². The van der Waals surface area contributed by atoms with Crippen molar-refractivity contribution in [1.29, 1.82) is 0 Å². The third kappa shape index (κ3) is 2.73. The van der Waals surface area contributed by atoms with Crippen LogP contribution in [0.5, 0.6) is 0 Å². The van der Waals surface area contributed by atoms with E-state index in [1.54, 1.807) is 17.4 Å². The van der Waals surface area contributed by atoms with Gasteiger partial charge in [-0.2, -0.15) is 0 Å². The first-order valence-corrected chi connectivity index (χ1v) is 8.02. The Morgan fingerprint density at radius 1 is 1.19 bits per heavy atom. The van der Waals surface area contributed by atoms with Crippen LogP contribution in [0.4, 0.5) is 0 Å². The molecular weight excluding hydrogens is 304 g/mol. The molecule has 1 unspecified atom stereocenters. The molecule has 0 saturated heterocycles. The molecule has 1 N–H and O–H groups in total. The molecule has 3 aromatic rings. The number of halogens is 1. The molecule has 0 aliphatic heterocycles. The molecule has 0 fully saturated rings. The minimum Gasteiger partial charge on any atom is -0.456 e. The van der Waals surface area contributed by atoms with Crippen LogP contribution in [0.3, 0.4) is 0 Å². The molecule has 0 saturated carbocycles. The molecule has 21 heavy (non-hydrogen) atoms. The van der Waals surface area contributed by atoms with Crippen LogP contribution in [-0.2, 0) is 5.41 Å². The quantitative estimate of drug-likeness (QED) is 0.673. The summed E-state index contributed by atoms with van der Waals surface area (Å²) < 4.78 is 5.73. The third-order valence-electron chi connectivity index (χ3n) is 3.42. The number of fused-ring (bicyclic) bond motifs is 1. The monoisotopic (exact) mass is 320 g/mol. The molecule has 0 bridgehead atoms. The first-order valence-electron chi connectivity index (χ1n) is 6.82. The molecule has 2 aromatic heterocycles. The van der Waals surface area contributed by atoms with Gasteiger partial charge in [-0.05, 0) is 29.7 Å². The second kappa shape index (κ2) is 5.16. The van der Waals surface area contributed by atoms with Gasteiger partial charge < -0.3 is 9.52 Å². The van der Waals surface area contributed by atoms with E-state index in [-0.39, 0.29) is 5.41 Å². The molecule has 3 rings (SSSR count). The van der Waals surface area contributed by atoms with Crippen molar-refractivity contribution >= 4 is 33.9 Å². The lowest BCUT2D eigenvalue weighted by molar-refractivity contribution is 0.196. The number of para-hydroxylation sites is 1. The van der Waals surface area contributed by atoms with Crippen molar-refractivity contribution in [1.82, 2.24) is 0 Å². The second-order valence-electron chi connectivity index (χ2n) is 6.16. The maximum absolute atomic E-state index is 10.5. The van der Waals surface area contributed by atoms with E-state index < -0.39 is 6.10 Å². The van der Waals surface area contributed by atoms with E-state index in [9.17, 15) is 5.11 Å². The molecule has 0 aliphatic carbocycles. The number of rotatable bonds is 2. The van der Waals surface area contributed by atoms with Gasteiger partial charge in [-0.25, -0.2) is 0 Å². The Bertz CT molecular complexity index is 780. The normalized spacial score (nSPS) is 13.8. The average Bonchev–Trinajstić information content (AvgIpc) is 3.05. The van der Waals surface area contributed by atoms with Crippen molar-refractivity contribution in [2.75, 3.05) is 0 Å². The summed E-state index contributed by atoms with van der Waals surface area (Å²) >= 11 is 7.73. The Morgan fingerprint density at radius 2 is 1.95 bits per heavy atom. The van der Waals surface area contributed by atoms with Crippen LogP contribution in [0.25, 0.3) is 11.0 Å². The molecule has 0 aliphatic rings. The summed E-state index contributed by atoms with van der Waals surface area (Å²) in [5.74, 6) is 0.528. The summed E-state index contributed by atoms with van der Waals surface area (Å²) in [6, 6.07) is 11.5. The lowest BCUT2D eigenvalue weighted by Crippen LogP contribution is -2.07. The molecule has 4 heteroatoms. The van der Waals surface area contributed by atoms with E-state index in [2.05, 4.69) is 26.8 Å². The molecule has 0 amide bonds. The van der Waals surface area contributed by atoms with Crippen molar-refractivity contribution in [2.45, 2.75) is 32.3 Å². The van der Waals surface area contributed by atoms with Gasteiger partial charge in [0, 0.05) is 15.1 Å². The van der Waals surface area contributed by atoms with Gasteiger partial charge in [-0.15, -0.1) is 11.3 Å². The predicted octanol–water partition coefficient (Wildman–Crippen LogP) is 5.53. The van der Waals surface area contributed by atoms with Crippen LogP contribution < -0.4 is 0 Å². The number of hydrogen-bond acceptors (Lipinski definition) is 3. The third-order valence-corrected chi connectivity index (χ3v) is 5.28. The summed E-state index contributed by atoms with van der Waals surface area (Å²) in [6.07, 6.45) is -0.755. The maximum atomic E-state index is 10.5. The fraction of sp³-hybridized carbons (Fsp3) is 0.294. The van der Waals surface area contributed by atoms with E-state index in [0.717, 1.165) is 10.3 Å². The Hall–Kier alpha value is -1.29. The Morgan fingerprint density at radius 3 is 2.57 bits per heavy atom. The highest BCUT2D eigenvalue weighted by molar-refractivity contribution is 7.12. The lowest BCUT2D eigenvalue weighted by atomic mass is 9.95. The number of furan rings is 1. The molecular formula is C17H17ClO2S. The summed E-state index contributed by atoms with van der Waals surface area (Å²) in [6.45, 7) is 6.49.